The maximum atomic E-state index is 13.3. The predicted octanol–water partition coefficient (Wildman–Crippen LogP) is 6.46. The number of nitrogens with zero attached hydrogens (tertiary/aromatic N) is 1. The van der Waals surface area contributed by atoms with E-state index in [2.05, 4.69) is 31.5 Å². The molecule has 9 heteroatoms. The third-order valence-corrected chi connectivity index (χ3v) is 6.16. The second-order valence-corrected chi connectivity index (χ2v) is 8.70. The Morgan fingerprint density at radius 1 is 1.17 bits per heavy atom. The monoisotopic (exact) mass is 496 g/mol. The van der Waals surface area contributed by atoms with E-state index >= 15 is 0 Å². The van der Waals surface area contributed by atoms with E-state index in [4.69, 9.17) is 11.6 Å². The second-order valence-electron chi connectivity index (χ2n) is 7.41. The molecule has 2 amide bonds. The fraction of sp³-hybridized carbons (Fsp3) is 0.286. The molecule has 0 bridgehead atoms. The maximum absolute atomic E-state index is 13.3. The van der Waals surface area contributed by atoms with Gasteiger partial charge < -0.3 is 15.6 Å². The minimum Gasteiger partial charge on any atom is -0.359 e. The molecule has 1 aliphatic heterocycles. The van der Waals surface area contributed by atoms with E-state index in [0.717, 1.165) is 20.9 Å². The molecule has 1 fully saturated rings. The summed E-state index contributed by atoms with van der Waals surface area (Å²) in [6.45, 7) is 1.33. The average Bonchev–Trinajstić information content (AvgIpc) is 3.07. The zero-order valence-corrected chi connectivity index (χ0v) is 18.3. The Labute approximate surface area is 185 Å². The standard InChI is InChI=1S/C21H20BrClF2N4O/c22-17-10-15(3-1-13(17)12-29-7-5-21(24,25)6-8-29)27-20(30)28-19-11-26-18-4-2-14(23)9-16(18)19/h1-4,9-11,26H,5-8,12H2,(H2,27,28,30). The number of alkyl halides is 2. The summed E-state index contributed by atoms with van der Waals surface area (Å²) in [6.07, 6.45) is 1.49. The Morgan fingerprint density at radius 3 is 2.67 bits per heavy atom. The van der Waals surface area contributed by atoms with E-state index in [1.165, 1.54) is 0 Å². The number of anilines is 2. The van der Waals surface area contributed by atoms with E-state index in [1.807, 2.05) is 17.0 Å². The van der Waals surface area contributed by atoms with Crippen LogP contribution in [0.5, 0.6) is 0 Å². The molecular formula is C21H20BrClF2N4O. The van der Waals surface area contributed by atoms with Crippen molar-refractivity contribution < 1.29 is 13.6 Å². The van der Waals surface area contributed by atoms with Crippen LogP contribution in [0.1, 0.15) is 18.4 Å². The molecule has 5 nitrogen and oxygen atoms in total. The molecule has 2 heterocycles. The number of benzene rings is 2. The quantitative estimate of drug-likeness (QED) is 0.387. The Bertz CT molecular complexity index is 1080. The number of aromatic nitrogens is 1. The molecule has 0 unspecified atom stereocenters. The molecule has 3 N–H and O–H groups in total. The zero-order chi connectivity index (χ0) is 21.3. The number of fused-ring (bicyclic) bond motifs is 1. The summed E-state index contributed by atoms with van der Waals surface area (Å²) in [4.78, 5) is 17.5. The molecule has 1 aliphatic rings. The van der Waals surface area contributed by atoms with Gasteiger partial charge in [0.25, 0.3) is 5.92 Å². The number of likely N-dealkylation sites (tertiary alicyclic amines) is 1. The Hall–Kier alpha value is -2.16. The molecule has 1 saturated heterocycles. The minimum atomic E-state index is -2.55. The van der Waals surface area contributed by atoms with Gasteiger partial charge in [-0.05, 0) is 35.9 Å². The topological polar surface area (TPSA) is 60.2 Å². The first kappa shape index (κ1) is 21.1. The highest BCUT2D eigenvalue weighted by molar-refractivity contribution is 9.10. The summed E-state index contributed by atoms with van der Waals surface area (Å²) in [5, 5.41) is 7.02. The van der Waals surface area contributed by atoms with Crippen molar-refractivity contribution in [1.82, 2.24) is 9.88 Å². The van der Waals surface area contributed by atoms with Gasteiger partial charge in [0.05, 0.1) is 5.69 Å². The maximum Gasteiger partial charge on any atom is 0.323 e. The van der Waals surface area contributed by atoms with Crippen LogP contribution in [0.15, 0.2) is 47.1 Å². The number of nitrogens with one attached hydrogen (secondary N) is 3. The molecule has 30 heavy (non-hydrogen) atoms. The molecule has 0 spiro atoms. The largest absolute Gasteiger partial charge is 0.359 e. The van der Waals surface area contributed by atoms with Crippen LogP contribution in [0.3, 0.4) is 0 Å². The molecule has 4 rings (SSSR count). The predicted molar refractivity (Wildman–Crippen MR) is 120 cm³/mol. The van der Waals surface area contributed by atoms with Crippen LogP contribution in [0.2, 0.25) is 5.02 Å². The van der Waals surface area contributed by atoms with Crippen molar-refractivity contribution in [3.63, 3.8) is 0 Å². The number of H-pyrrole nitrogens is 1. The smallest absolute Gasteiger partial charge is 0.323 e. The third-order valence-electron chi connectivity index (χ3n) is 5.18. The highest BCUT2D eigenvalue weighted by Gasteiger charge is 2.33. The van der Waals surface area contributed by atoms with Gasteiger partial charge in [-0.1, -0.05) is 33.6 Å². The lowest BCUT2D eigenvalue weighted by molar-refractivity contribution is -0.0566. The van der Waals surface area contributed by atoms with E-state index in [-0.39, 0.29) is 18.9 Å². The van der Waals surface area contributed by atoms with Crippen molar-refractivity contribution in [2.24, 2.45) is 0 Å². The summed E-state index contributed by atoms with van der Waals surface area (Å²) in [5.41, 5.74) is 3.10. The molecule has 0 aliphatic carbocycles. The number of rotatable bonds is 4. The number of aromatic amines is 1. The lowest BCUT2D eigenvalue weighted by atomic mass is 10.1. The molecular weight excluding hydrogens is 478 g/mol. The molecule has 0 atom stereocenters. The van der Waals surface area contributed by atoms with Crippen LogP contribution in [-0.2, 0) is 6.54 Å². The van der Waals surface area contributed by atoms with E-state index in [9.17, 15) is 13.6 Å². The van der Waals surface area contributed by atoms with Crippen molar-refractivity contribution >= 4 is 55.8 Å². The number of carbonyl (C=O) groups is 1. The van der Waals surface area contributed by atoms with Crippen molar-refractivity contribution in [3.05, 3.63) is 57.7 Å². The lowest BCUT2D eigenvalue weighted by Crippen LogP contribution is -2.38. The van der Waals surface area contributed by atoms with Crippen LogP contribution < -0.4 is 10.6 Å². The number of hydrogen-bond donors (Lipinski definition) is 3. The molecule has 0 saturated carbocycles. The van der Waals surface area contributed by atoms with Crippen molar-refractivity contribution in [3.8, 4) is 0 Å². The molecule has 1 aromatic heterocycles. The summed E-state index contributed by atoms with van der Waals surface area (Å²) in [6, 6.07) is 10.5. The third kappa shape index (κ3) is 4.94. The number of piperidine rings is 1. The van der Waals surface area contributed by atoms with Crippen LogP contribution >= 0.6 is 27.5 Å². The van der Waals surface area contributed by atoms with Crippen molar-refractivity contribution in [2.75, 3.05) is 23.7 Å². The van der Waals surface area contributed by atoms with Gasteiger partial charge in [0.2, 0.25) is 0 Å². The second kappa shape index (κ2) is 8.53. The van der Waals surface area contributed by atoms with Gasteiger partial charge in [0.1, 0.15) is 0 Å². The van der Waals surface area contributed by atoms with Gasteiger partial charge in [0.15, 0.2) is 0 Å². The normalized spacial score (nSPS) is 16.5. The Morgan fingerprint density at radius 2 is 1.93 bits per heavy atom. The Balaban J connectivity index is 1.38. The van der Waals surface area contributed by atoms with Crippen LogP contribution in [0.4, 0.5) is 25.0 Å². The van der Waals surface area contributed by atoms with Crippen molar-refractivity contribution in [1.29, 1.82) is 0 Å². The van der Waals surface area contributed by atoms with Gasteiger partial charge in [-0.3, -0.25) is 4.90 Å². The van der Waals surface area contributed by atoms with E-state index in [0.29, 0.717) is 36.0 Å². The van der Waals surface area contributed by atoms with Crippen LogP contribution in [0.25, 0.3) is 10.9 Å². The zero-order valence-electron chi connectivity index (χ0n) is 15.9. The summed E-state index contributed by atoms with van der Waals surface area (Å²) >= 11 is 9.56. The summed E-state index contributed by atoms with van der Waals surface area (Å²) in [5.74, 6) is -2.55. The van der Waals surface area contributed by atoms with E-state index < -0.39 is 5.92 Å². The number of carbonyl (C=O) groups excluding carboxylic acids is 1. The van der Waals surface area contributed by atoms with Gasteiger partial charge in [-0.25, -0.2) is 13.6 Å². The lowest BCUT2D eigenvalue weighted by Gasteiger charge is -2.31. The van der Waals surface area contributed by atoms with Crippen LogP contribution in [0, 0.1) is 0 Å². The highest BCUT2D eigenvalue weighted by atomic mass is 79.9. The fourth-order valence-electron chi connectivity index (χ4n) is 3.51. The van der Waals surface area contributed by atoms with Gasteiger partial charge in [-0.2, -0.15) is 0 Å². The summed E-state index contributed by atoms with van der Waals surface area (Å²) < 4.78 is 27.5. The first-order valence-electron chi connectivity index (χ1n) is 9.52. The van der Waals surface area contributed by atoms with Crippen LogP contribution in [-0.4, -0.2) is 34.9 Å². The first-order valence-corrected chi connectivity index (χ1v) is 10.7. The number of halogens is 4. The average molecular weight is 498 g/mol. The van der Waals surface area contributed by atoms with Crippen molar-refractivity contribution in [2.45, 2.75) is 25.3 Å². The highest BCUT2D eigenvalue weighted by Crippen LogP contribution is 2.30. The minimum absolute atomic E-state index is 0.108. The van der Waals surface area contributed by atoms with Gasteiger partial charge in [-0.15, -0.1) is 0 Å². The van der Waals surface area contributed by atoms with E-state index in [1.54, 1.807) is 30.5 Å². The Kier molecular flexibility index (Phi) is 5.99. The molecule has 0 radical (unpaired) electrons. The van der Waals surface area contributed by atoms with Gasteiger partial charge in [0, 0.05) is 64.8 Å². The number of hydrogen-bond acceptors (Lipinski definition) is 2. The number of amides is 2. The summed E-state index contributed by atoms with van der Waals surface area (Å²) in [7, 11) is 0. The van der Waals surface area contributed by atoms with Gasteiger partial charge >= 0.3 is 6.03 Å². The fourth-order valence-corrected chi connectivity index (χ4v) is 4.19. The SMILES string of the molecule is O=C(Nc1ccc(CN2CCC(F)(F)CC2)c(Br)c1)Nc1c[nH]c2ccc(Cl)cc12. The first-order chi connectivity index (χ1) is 14.3. The molecule has 3 aromatic rings. The number of urea groups is 1. The molecule has 158 valence electrons. The molecule has 2 aromatic carbocycles.